The number of benzene rings is 1. The third-order valence-electron chi connectivity index (χ3n) is 2.56. The molecule has 0 heterocycles. The van der Waals surface area contributed by atoms with Crippen LogP contribution < -0.4 is 0 Å². The predicted molar refractivity (Wildman–Crippen MR) is 68.7 cm³/mol. The van der Waals surface area contributed by atoms with Gasteiger partial charge in [-0.15, -0.1) is 0 Å². The molecule has 0 radical (unpaired) electrons. The van der Waals surface area contributed by atoms with Crippen molar-refractivity contribution in [3.8, 4) is 0 Å². The number of hydrogen-bond donors (Lipinski definition) is 1. The summed E-state index contributed by atoms with van der Waals surface area (Å²) in [6, 6.07) is 7.90. The minimum atomic E-state index is 0.220. The average Bonchev–Trinajstić information content (AvgIpc) is 2.29. The number of halogens is 1. The molecule has 90 valence electrons. The van der Waals surface area contributed by atoms with Crippen LogP contribution in [0.3, 0.4) is 0 Å². The Kier molecular flexibility index (Phi) is 6.46. The van der Waals surface area contributed by atoms with Crippen molar-refractivity contribution in [3.63, 3.8) is 0 Å². The van der Waals surface area contributed by atoms with Crippen molar-refractivity contribution in [2.45, 2.75) is 26.3 Å². The van der Waals surface area contributed by atoms with Gasteiger partial charge < -0.3 is 5.11 Å². The van der Waals surface area contributed by atoms with Gasteiger partial charge in [-0.1, -0.05) is 37.1 Å². The number of hydrogen-bond acceptors (Lipinski definition) is 2. The Bertz CT molecular complexity index is 286. The molecule has 1 rings (SSSR count). The monoisotopic (exact) mass is 241 g/mol. The minimum Gasteiger partial charge on any atom is -0.395 e. The Morgan fingerprint density at radius 1 is 1.19 bits per heavy atom. The maximum atomic E-state index is 9.00. The second-order valence-electron chi connectivity index (χ2n) is 3.98. The lowest BCUT2D eigenvalue weighted by Crippen LogP contribution is -2.27. The van der Waals surface area contributed by atoms with Gasteiger partial charge in [0.15, 0.2) is 0 Å². The first-order chi connectivity index (χ1) is 7.76. The zero-order chi connectivity index (χ0) is 11.8. The zero-order valence-electron chi connectivity index (χ0n) is 9.82. The van der Waals surface area contributed by atoms with Gasteiger partial charge in [0.25, 0.3) is 0 Å². The normalized spacial score (nSPS) is 11.0. The topological polar surface area (TPSA) is 23.5 Å². The molecule has 0 saturated heterocycles. The van der Waals surface area contributed by atoms with Crippen molar-refractivity contribution >= 4 is 11.6 Å². The number of aliphatic hydroxyl groups is 1. The SMILES string of the molecule is CCCCN(CCO)Cc1ccc(Cl)cc1. The molecular formula is C13H20ClNO. The van der Waals surface area contributed by atoms with Gasteiger partial charge >= 0.3 is 0 Å². The van der Waals surface area contributed by atoms with E-state index < -0.39 is 0 Å². The van der Waals surface area contributed by atoms with Gasteiger partial charge in [0.05, 0.1) is 6.61 Å². The molecule has 3 heteroatoms. The van der Waals surface area contributed by atoms with E-state index in [9.17, 15) is 0 Å². The highest BCUT2D eigenvalue weighted by Crippen LogP contribution is 2.11. The van der Waals surface area contributed by atoms with Gasteiger partial charge in [0.2, 0.25) is 0 Å². The van der Waals surface area contributed by atoms with Crippen LogP contribution >= 0.6 is 11.6 Å². The Balaban J connectivity index is 2.49. The summed E-state index contributed by atoms with van der Waals surface area (Å²) in [5.41, 5.74) is 1.24. The molecule has 0 spiro atoms. The number of rotatable bonds is 7. The van der Waals surface area contributed by atoms with Crippen LogP contribution in [0.5, 0.6) is 0 Å². The molecule has 0 aliphatic rings. The minimum absolute atomic E-state index is 0.220. The van der Waals surface area contributed by atoms with Crippen molar-refractivity contribution in [2.75, 3.05) is 19.7 Å². The molecule has 1 aromatic carbocycles. The Morgan fingerprint density at radius 3 is 2.44 bits per heavy atom. The lowest BCUT2D eigenvalue weighted by Gasteiger charge is -2.21. The van der Waals surface area contributed by atoms with E-state index in [0.29, 0.717) is 0 Å². The quantitative estimate of drug-likeness (QED) is 0.794. The standard InChI is InChI=1S/C13H20ClNO/c1-2-3-8-15(9-10-16)11-12-4-6-13(14)7-5-12/h4-7,16H,2-3,8-11H2,1H3. The first-order valence-electron chi connectivity index (χ1n) is 5.84. The number of nitrogens with zero attached hydrogens (tertiary/aromatic N) is 1. The maximum Gasteiger partial charge on any atom is 0.0558 e. The third kappa shape index (κ3) is 4.97. The highest BCUT2D eigenvalue weighted by Gasteiger charge is 2.04. The fraction of sp³-hybridized carbons (Fsp3) is 0.538. The van der Waals surface area contributed by atoms with Crippen LogP contribution in [-0.2, 0) is 6.54 Å². The van der Waals surface area contributed by atoms with Gasteiger partial charge in [-0.05, 0) is 30.7 Å². The van der Waals surface area contributed by atoms with Crippen molar-refractivity contribution in [2.24, 2.45) is 0 Å². The smallest absolute Gasteiger partial charge is 0.0558 e. The van der Waals surface area contributed by atoms with E-state index in [0.717, 1.165) is 24.7 Å². The first kappa shape index (κ1) is 13.5. The van der Waals surface area contributed by atoms with E-state index in [1.54, 1.807) is 0 Å². The number of aliphatic hydroxyl groups excluding tert-OH is 1. The van der Waals surface area contributed by atoms with Gasteiger partial charge in [-0.2, -0.15) is 0 Å². The van der Waals surface area contributed by atoms with Crippen LogP contribution in [0, 0.1) is 0 Å². The van der Waals surface area contributed by atoms with Crippen molar-refractivity contribution in [1.29, 1.82) is 0 Å². The molecule has 2 nitrogen and oxygen atoms in total. The fourth-order valence-corrected chi connectivity index (χ4v) is 1.77. The van der Waals surface area contributed by atoms with Crippen LogP contribution in [0.4, 0.5) is 0 Å². The summed E-state index contributed by atoms with van der Waals surface area (Å²) in [5.74, 6) is 0. The molecule has 0 unspecified atom stereocenters. The lowest BCUT2D eigenvalue weighted by atomic mass is 10.2. The molecule has 0 aliphatic heterocycles. The first-order valence-corrected chi connectivity index (χ1v) is 6.21. The largest absolute Gasteiger partial charge is 0.395 e. The molecule has 0 bridgehead atoms. The molecule has 0 saturated carbocycles. The summed E-state index contributed by atoms with van der Waals surface area (Å²) in [6.45, 7) is 5.07. The van der Waals surface area contributed by atoms with Crippen LogP contribution in [-0.4, -0.2) is 29.7 Å². The van der Waals surface area contributed by atoms with Gasteiger partial charge in [-0.25, -0.2) is 0 Å². The van der Waals surface area contributed by atoms with Crippen molar-refractivity contribution < 1.29 is 5.11 Å². The summed E-state index contributed by atoms with van der Waals surface area (Å²) in [7, 11) is 0. The Labute approximate surface area is 103 Å². The molecule has 0 aromatic heterocycles. The third-order valence-corrected chi connectivity index (χ3v) is 2.82. The van der Waals surface area contributed by atoms with Crippen molar-refractivity contribution in [3.05, 3.63) is 34.9 Å². The molecule has 1 aromatic rings. The Morgan fingerprint density at radius 2 is 1.88 bits per heavy atom. The Hall–Kier alpha value is -0.570. The van der Waals surface area contributed by atoms with E-state index >= 15 is 0 Å². The van der Waals surface area contributed by atoms with Crippen LogP contribution in [0.1, 0.15) is 25.3 Å². The summed E-state index contributed by atoms with van der Waals surface area (Å²) in [6.07, 6.45) is 2.36. The van der Waals surface area contributed by atoms with E-state index in [1.807, 2.05) is 24.3 Å². The van der Waals surface area contributed by atoms with Crippen LogP contribution in [0.25, 0.3) is 0 Å². The van der Waals surface area contributed by atoms with Gasteiger partial charge in [0, 0.05) is 18.1 Å². The average molecular weight is 242 g/mol. The second kappa shape index (κ2) is 7.66. The number of unbranched alkanes of at least 4 members (excludes halogenated alkanes) is 1. The summed E-state index contributed by atoms with van der Waals surface area (Å²) in [5, 5.41) is 9.76. The molecule has 0 aliphatic carbocycles. The molecule has 16 heavy (non-hydrogen) atoms. The second-order valence-corrected chi connectivity index (χ2v) is 4.42. The summed E-state index contributed by atoms with van der Waals surface area (Å²) in [4.78, 5) is 2.27. The van der Waals surface area contributed by atoms with E-state index in [2.05, 4.69) is 11.8 Å². The predicted octanol–water partition coefficient (Wildman–Crippen LogP) is 2.93. The van der Waals surface area contributed by atoms with Gasteiger partial charge in [0.1, 0.15) is 0 Å². The molecule has 0 amide bonds. The van der Waals surface area contributed by atoms with Crippen LogP contribution in [0.15, 0.2) is 24.3 Å². The van der Waals surface area contributed by atoms with Crippen LogP contribution in [0.2, 0.25) is 5.02 Å². The molecule has 1 N–H and O–H groups in total. The van der Waals surface area contributed by atoms with E-state index in [4.69, 9.17) is 16.7 Å². The van der Waals surface area contributed by atoms with E-state index in [-0.39, 0.29) is 6.61 Å². The maximum absolute atomic E-state index is 9.00. The molecule has 0 fully saturated rings. The molecule has 0 atom stereocenters. The van der Waals surface area contributed by atoms with E-state index in [1.165, 1.54) is 18.4 Å². The van der Waals surface area contributed by atoms with Crippen molar-refractivity contribution in [1.82, 2.24) is 4.90 Å². The zero-order valence-corrected chi connectivity index (χ0v) is 10.6. The molecular weight excluding hydrogens is 222 g/mol. The summed E-state index contributed by atoms with van der Waals surface area (Å²) >= 11 is 5.84. The highest BCUT2D eigenvalue weighted by atomic mass is 35.5. The summed E-state index contributed by atoms with van der Waals surface area (Å²) < 4.78 is 0. The lowest BCUT2D eigenvalue weighted by molar-refractivity contribution is 0.188. The van der Waals surface area contributed by atoms with Gasteiger partial charge in [-0.3, -0.25) is 4.90 Å². The highest BCUT2D eigenvalue weighted by molar-refractivity contribution is 6.30. The fourth-order valence-electron chi connectivity index (χ4n) is 1.64.